The van der Waals surface area contributed by atoms with Gasteiger partial charge in [0.25, 0.3) is 0 Å². The molecule has 2 nitrogen and oxygen atoms in total. The number of amides is 1. The van der Waals surface area contributed by atoms with E-state index in [0.29, 0.717) is 24.3 Å². The maximum Gasteiger partial charge on any atom is 0.227 e. The van der Waals surface area contributed by atoms with Crippen molar-refractivity contribution < 1.29 is 9.18 Å². The number of carbonyl (C=O) groups is 1. The topological polar surface area (TPSA) is 20.3 Å². The third-order valence-electron chi connectivity index (χ3n) is 4.26. The molecule has 2 fully saturated rings. The Morgan fingerprint density at radius 3 is 2.53 bits per heavy atom. The SMILES string of the molecule is O=C(Cc1ccccc1Cl)N1C2CCC1CC(F)C2. The molecular weight excluding hydrogens is 265 g/mol. The molecule has 2 aliphatic rings. The maximum absolute atomic E-state index is 13.5. The summed E-state index contributed by atoms with van der Waals surface area (Å²) in [5.41, 5.74) is 0.857. The van der Waals surface area contributed by atoms with Crippen molar-refractivity contribution in [1.29, 1.82) is 0 Å². The first kappa shape index (κ1) is 12.9. The molecule has 2 unspecified atom stereocenters. The molecule has 0 N–H and O–H groups in total. The maximum atomic E-state index is 13.5. The molecule has 2 bridgehead atoms. The van der Waals surface area contributed by atoms with Gasteiger partial charge in [-0.1, -0.05) is 29.8 Å². The lowest BCUT2D eigenvalue weighted by molar-refractivity contribution is -0.135. The number of benzene rings is 1. The lowest BCUT2D eigenvalue weighted by Gasteiger charge is -2.36. The zero-order chi connectivity index (χ0) is 13.4. The minimum Gasteiger partial charge on any atom is -0.336 e. The highest BCUT2D eigenvalue weighted by molar-refractivity contribution is 6.31. The minimum atomic E-state index is -0.734. The fraction of sp³-hybridized carbons (Fsp3) is 0.533. The Balaban J connectivity index is 1.73. The van der Waals surface area contributed by atoms with Gasteiger partial charge < -0.3 is 4.90 Å². The van der Waals surface area contributed by atoms with E-state index in [1.165, 1.54) is 0 Å². The molecule has 0 aromatic heterocycles. The third kappa shape index (κ3) is 2.48. The van der Waals surface area contributed by atoms with Gasteiger partial charge in [0.1, 0.15) is 6.17 Å². The summed E-state index contributed by atoms with van der Waals surface area (Å²) in [6.45, 7) is 0. The predicted molar refractivity (Wildman–Crippen MR) is 72.9 cm³/mol. The van der Waals surface area contributed by atoms with Gasteiger partial charge in [-0.25, -0.2) is 4.39 Å². The Morgan fingerprint density at radius 1 is 1.26 bits per heavy atom. The average Bonchev–Trinajstić information content (AvgIpc) is 2.65. The van der Waals surface area contributed by atoms with Crippen LogP contribution in [-0.4, -0.2) is 29.1 Å². The summed E-state index contributed by atoms with van der Waals surface area (Å²) in [7, 11) is 0. The Bertz CT molecular complexity index is 479. The summed E-state index contributed by atoms with van der Waals surface area (Å²) in [6.07, 6.45) is 2.49. The van der Waals surface area contributed by atoms with Gasteiger partial charge in [0.15, 0.2) is 0 Å². The smallest absolute Gasteiger partial charge is 0.227 e. The van der Waals surface area contributed by atoms with Crippen LogP contribution < -0.4 is 0 Å². The first-order valence-corrected chi connectivity index (χ1v) is 7.21. The molecule has 0 saturated carbocycles. The monoisotopic (exact) mass is 281 g/mol. The first-order valence-electron chi connectivity index (χ1n) is 6.84. The number of hydrogen-bond donors (Lipinski definition) is 0. The largest absolute Gasteiger partial charge is 0.336 e. The van der Waals surface area contributed by atoms with E-state index in [1.807, 2.05) is 23.1 Å². The number of piperidine rings is 1. The van der Waals surface area contributed by atoms with Crippen molar-refractivity contribution in [2.24, 2.45) is 0 Å². The van der Waals surface area contributed by atoms with Crippen molar-refractivity contribution >= 4 is 17.5 Å². The van der Waals surface area contributed by atoms with Gasteiger partial charge >= 0.3 is 0 Å². The van der Waals surface area contributed by atoms with Crippen molar-refractivity contribution in [1.82, 2.24) is 4.90 Å². The van der Waals surface area contributed by atoms with E-state index in [2.05, 4.69) is 0 Å². The van der Waals surface area contributed by atoms with Crippen LogP contribution in [0, 0.1) is 0 Å². The van der Waals surface area contributed by atoms with Crippen LogP contribution in [0.4, 0.5) is 4.39 Å². The fourth-order valence-corrected chi connectivity index (χ4v) is 3.62. The number of hydrogen-bond acceptors (Lipinski definition) is 1. The van der Waals surface area contributed by atoms with Gasteiger partial charge in [-0.2, -0.15) is 0 Å². The summed E-state index contributed by atoms with van der Waals surface area (Å²) < 4.78 is 13.5. The molecule has 1 amide bonds. The van der Waals surface area contributed by atoms with E-state index in [4.69, 9.17) is 11.6 Å². The molecule has 0 aliphatic carbocycles. The van der Waals surface area contributed by atoms with Crippen molar-refractivity contribution in [3.8, 4) is 0 Å². The second kappa shape index (κ2) is 5.12. The highest BCUT2D eigenvalue weighted by Crippen LogP contribution is 2.37. The second-order valence-electron chi connectivity index (χ2n) is 5.52. The molecule has 19 heavy (non-hydrogen) atoms. The summed E-state index contributed by atoms with van der Waals surface area (Å²) >= 11 is 6.09. The van der Waals surface area contributed by atoms with Crippen LogP contribution in [0.5, 0.6) is 0 Å². The van der Waals surface area contributed by atoms with Crippen molar-refractivity contribution in [2.75, 3.05) is 0 Å². The normalized spacial score (nSPS) is 29.6. The Labute approximate surface area is 117 Å². The molecule has 2 heterocycles. The van der Waals surface area contributed by atoms with E-state index in [1.54, 1.807) is 6.07 Å². The summed E-state index contributed by atoms with van der Waals surface area (Å²) in [5, 5.41) is 0.628. The molecule has 2 saturated heterocycles. The van der Waals surface area contributed by atoms with Gasteiger partial charge in [-0.3, -0.25) is 4.79 Å². The van der Waals surface area contributed by atoms with Crippen molar-refractivity contribution in [3.05, 3.63) is 34.9 Å². The number of fused-ring (bicyclic) bond motifs is 2. The van der Waals surface area contributed by atoms with Crippen LogP contribution in [-0.2, 0) is 11.2 Å². The molecule has 0 spiro atoms. The van der Waals surface area contributed by atoms with Crippen LogP contribution in [0.1, 0.15) is 31.2 Å². The van der Waals surface area contributed by atoms with E-state index in [-0.39, 0.29) is 18.0 Å². The van der Waals surface area contributed by atoms with Crippen LogP contribution in [0.3, 0.4) is 0 Å². The summed E-state index contributed by atoms with van der Waals surface area (Å²) in [5.74, 6) is 0.0903. The number of carbonyl (C=O) groups excluding carboxylic acids is 1. The first-order chi connectivity index (χ1) is 9.15. The zero-order valence-electron chi connectivity index (χ0n) is 10.7. The third-order valence-corrected chi connectivity index (χ3v) is 4.63. The average molecular weight is 282 g/mol. The van der Waals surface area contributed by atoms with Crippen LogP contribution >= 0.6 is 11.6 Å². The molecule has 2 aliphatic heterocycles. The Morgan fingerprint density at radius 2 is 1.89 bits per heavy atom. The lowest BCUT2D eigenvalue weighted by atomic mass is 9.99. The van der Waals surface area contributed by atoms with E-state index >= 15 is 0 Å². The van der Waals surface area contributed by atoms with Gasteiger partial charge in [0, 0.05) is 17.1 Å². The fourth-order valence-electron chi connectivity index (χ4n) is 3.41. The lowest BCUT2D eigenvalue weighted by Crippen LogP contribution is -2.47. The van der Waals surface area contributed by atoms with Gasteiger partial charge in [-0.05, 0) is 37.3 Å². The van der Waals surface area contributed by atoms with Crippen LogP contribution in [0.15, 0.2) is 24.3 Å². The highest BCUT2D eigenvalue weighted by atomic mass is 35.5. The number of rotatable bonds is 2. The molecule has 3 rings (SSSR count). The number of alkyl halides is 1. The number of halogens is 2. The van der Waals surface area contributed by atoms with Crippen molar-refractivity contribution in [2.45, 2.75) is 50.4 Å². The molecule has 4 heteroatoms. The van der Waals surface area contributed by atoms with Gasteiger partial charge in [0.2, 0.25) is 5.91 Å². The number of nitrogens with zero attached hydrogens (tertiary/aromatic N) is 1. The molecule has 1 aromatic carbocycles. The van der Waals surface area contributed by atoms with Crippen LogP contribution in [0.25, 0.3) is 0 Å². The van der Waals surface area contributed by atoms with Gasteiger partial charge in [0.05, 0.1) is 6.42 Å². The summed E-state index contributed by atoms with van der Waals surface area (Å²) in [4.78, 5) is 14.3. The second-order valence-corrected chi connectivity index (χ2v) is 5.93. The minimum absolute atomic E-state index is 0.0903. The molecular formula is C15H17ClFNO. The zero-order valence-corrected chi connectivity index (χ0v) is 11.4. The highest BCUT2D eigenvalue weighted by Gasteiger charge is 2.43. The molecule has 102 valence electrons. The molecule has 0 radical (unpaired) electrons. The Kier molecular flexibility index (Phi) is 3.48. The van der Waals surface area contributed by atoms with E-state index in [0.717, 1.165) is 18.4 Å². The van der Waals surface area contributed by atoms with Crippen molar-refractivity contribution in [3.63, 3.8) is 0 Å². The Hall–Kier alpha value is -1.09. The van der Waals surface area contributed by atoms with Gasteiger partial charge in [-0.15, -0.1) is 0 Å². The standard InChI is InChI=1S/C15H17ClFNO/c16-14-4-2-1-3-10(14)7-15(19)18-12-5-6-13(18)9-11(17)8-12/h1-4,11-13H,5-9H2. The quantitative estimate of drug-likeness (QED) is 0.814. The summed E-state index contributed by atoms with van der Waals surface area (Å²) in [6, 6.07) is 7.62. The molecule has 2 atom stereocenters. The molecule has 1 aromatic rings. The van der Waals surface area contributed by atoms with E-state index in [9.17, 15) is 9.18 Å². The van der Waals surface area contributed by atoms with Crippen LogP contribution in [0.2, 0.25) is 5.02 Å². The van der Waals surface area contributed by atoms with E-state index < -0.39 is 6.17 Å². The predicted octanol–water partition coefficient (Wildman–Crippen LogP) is 3.37.